The Morgan fingerprint density at radius 2 is 1.95 bits per heavy atom. The van der Waals surface area contributed by atoms with Crippen LogP contribution in [0, 0.1) is 0 Å². The minimum atomic E-state index is -0.0809. The van der Waals surface area contributed by atoms with Crippen molar-refractivity contribution in [1.82, 2.24) is 15.1 Å². The van der Waals surface area contributed by atoms with Crippen molar-refractivity contribution in [2.45, 2.75) is 6.04 Å². The second-order valence-electron chi connectivity index (χ2n) is 5.54. The van der Waals surface area contributed by atoms with Crippen molar-refractivity contribution in [3.8, 4) is 5.75 Å². The van der Waals surface area contributed by atoms with Gasteiger partial charge in [0.2, 0.25) is 0 Å². The van der Waals surface area contributed by atoms with E-state index in [0.29, 0.717) is 23.4 Å². The normalized spacial score (nSPS) is 27.4. The summed E-state index contributed by atoms with van der Waals surface area (Å²) in [7, 11) is 0. The topological polar surface area (TPSA) is 44.8 Å². The predicted octanol–water partition coefficient (Wildman–Crippen LogP) is 0.835. The van der Waals surface area contributed by atoms with Crippen LogP contribution in [0.3, 0.4) is 0 Å². The molecule has 6 heteroatoms. The minimum absolute atomic E-state index is 0.0397. The molecule has 3 aliphatic heterocycles. The highest BCUT2D eigenvalue weighted by atomic mass is 35.5. The first-order valence-electron chi connectivity index (χ1n) is 7.32. The first-order chi connectivity index (χ1) is 10.2. The fourth-order valence-corrected chi connectivity index (χ4v) is 3.01. The Balaban J connectivity index is 1.39. The molecule has 1 amide bonds. The maximum atomic E-state index is 11.8. The molecule has 0 radical (unpaired) electrons. The number of halogens is 1. The van der Waals surface area contributed by atoms with Crippen molar-refractivity contribution in [2.24, 2.45) is 0 Å². The Kier molecular flexibility index (Phi) is 4.63. The van der Waals surface area contributed by atoms with E-state index in [2.05, 4.69) is 15.1 Å². The van der Waals surface area contributed by atoms with Gasteiger partial charge in [-0.3, -0.25) is 14.6 Å². The zero-order chi connectivity index (χ0) is 14.7. The molecule has 0 aromatic heterocycles. The molecule has 0 aliphatic carbocycles. The van der Waals surface area contributed by atoms with Crippen LogP contribution in [0.15, 0.2) is 24.3 Å². The van der Waals surface area contributed by atoms with E-state index in [4.69, 9.17) is 16.3 Å². The molecule has 0 saturated carbocycles. The summed E-state index contributed by atoms with van der Waals surface area (Å²) in [6.07, 6.45) is 0. The van der Waals surface area contributed by atoms with Gasteiger partial charge in [0.05, 0.1) is 0 Å². The zero-order valence-electron chi connectivity index (χ0n) is 11.9. The molecule has 1 unspecified atom stereocenters. The van der Waals surface area contributed by atoms with Crippen molar-refractivity contribution in [2.75, 3.05) is 45.9 Å². The number of fused-ring (bicyclic) bond motifs is 3. The maximum absolute atomic E-state index is 11.8. The van der Waals surface area contributed by atoms with Gasteiger partial charge >= 0.3 is 0 Å². The molecule has 1 N–H and O–H groups in total. The zero-order valence-corrected chi connectivity index (χ0v) is 12.7. The van der Waals surface area contributed by atoms with Gasteiger partial charge in [-0.1, -0.05) is 11.6 Å². The average molecular weight is 310 g/mol. The van der Waals surface area contributed by atoms with Gasteiger partial charge in [-0.15, -0.1) is 0 Å². The summed E-state index contributed by atoms with van der Waals surface area (Å²) in [5.74, 6) is 0.573. The summed E-state index contributed by atoms with van der Waals surface area (Å²) < 4.78 is 5.43. The predicted molar refractivity (Wildman–Crippen MR) is 81.8 cm³/mol. The van der Waals surface area contributed by atoms with Crippen molar-refractivity contribution in [1.29, 1.82) is 0 Å². The first kappa shape index (κ1) is 14.6. The van der Waals surface area contributed by atoms with E-state index in [1.807, 2.05) is 0 Å². The first-order valence-corrected chi connectivity index (χ1v) is 7.70. The lowest BCUT2D eigenvalue weighted by Crippen LogP contribution is -2.63. The Hall–Kier alpha value is -1.30. The summed E-state index contributed by atoms with van der Waals surface area (Å²) in [6, 6.07) is 7.44. The van der Waals surface area contributed by atoms with E-state index in [9.17, 15) is 4.79 Å². The van der Waals surface area contributed by atoms with E-state index in [-0.39, 0.29) is 12.5 Å². The lowest BCUT2D eigenvalue weighted by atomic mass is 10.1. The number of nitrogens with one attached hydrogen (secondary N) is 1. The summed E-state index contributed by atoms with van der Waals surface area (Å²) >= 11 is 5.80. The average Bonchev–Trinajstić information content (AvgIpc) is 2.53. The van der Waals surface area contributed by atoms with E-state index in [1.54, 1.807) is 24.3 Å². The molecule has 3 aliphatic rings. The van der Waals surface area contributed by atoms with Gasteiger partial charge in [0.15, 0.2) is 6.61 Å². The molecule has 1 aromatic carbocycles. The molecule has 1 aromatic rings. The molecule has 1 atom stereocenters. The third-order valence-corrected chi connectivity index (χ3v) is 4.36. The lowest BCUT2D eigenvalue weighted by Gasteiger charge is -2.47. The standard InChI is InChI=1S/C15H20ClN3O2/c16-12-1-3-14(4-2-12)21-11-15(20)17-9-13-10-18-5-7-19(13)8-6-18/h1-4,13H,5-11H2,(H,17,20). The van der Waals surface area contributed by atoms with Gasteiger partial charge in [0.25, 0.3) is 5.91 Å². The number of piperazine rings is 3. The Morgan fingerprint density at radius 3 is 2.57 bits per heavy atom. The third-order valence-electron chi connectivity index (χ3n) is 4.11. The second-order valence-corrected chi connectivity index (χ2v) is 5.97. The SMILES string of the molecule is O=C(COc1ccc(Cl)cc1)NCC1CN2CCN1CC2. The third kappa shape index (κ3) is 3.87. The highest BCUT2D eigenvalue weighted by molar-refractivity contribution is 6.30. The number of ether oxygens (including phenoxy) is 1. The highest BCUT2D eigenvalue weighted by Gasteiger charge is 2.31. The number of carbonyl (C=O) groups is 1. The smallest absolute Gasteiger partial charge is 0.257 e. The quantitative estimate of drug-likeness (QED) is 0.875. The number of nitrogens with zero attached hydrogens (tertiary/aromatic N) is 2. The van der Waals surface area contributed by atoms with Gasteiger partial charge in [-0.25, -0.2) is 0 Å². The van der Waals surface area contributed by atoms with Crippen LogP contribution in [-0.2, 0) is 4.79 Å². The van der Waals surface area contributed by atoms with E-state index >= 15 is 0 Å². The van der Waals surface area contributed by atoms with Crippen LogP contribution >= 0.6 is 11.6 Å². The largest absolute Gasteiger partial charge is 0.484 e. The summed E-state index contributed by atoms with van der Waals surface area (Å²) in [5, 5.41) is 3.62. The second kappa shape index (κ2) is 6.64. The molecular formula is C15H20ClN3O2. The van der Waals surface area contributed by atoms with Crippen molar-refractivity contribution < 1.29 is 9.53 Å². The molecule has 3 heterocycles. The maximum Gasteiger partial charge on any atom is 0.257 e. The Bertz CT molecular complexity index is 486. The minimum Gasteiger partial charge on any atom is -0.484 e. The van der Waals surface area contributed by atoms with E-state index < -0.39 is 0 Å². The van der Waals surface area contributed by atoms with Gasteiger partial charge in [-0.05, 0) is 24.3 Å². The Morgan fingerprint density at radius 1 is 1.24 bits per heavy atom. The van der Waals surface area contributed by atoms with Crippen LogP contribution in [0.4, 0.5) is 0 Å². The fourth-order valence-electron chi connectivity index (χ4n) is 2.88. The molecule has 3 saturated heterocycles. The van der Waals surface area contributed by atoms with Crippen LogP contribution in [0.5, 0.6) is 5.75 Å². The number of amides is 1. The van der Waals surface area contributed by atoms with Crippen molar-refractivity contribution in [3.63, 3.8) is 0 Å². The molecule has 3 fully saturated rings. The highest BCUT2D eigenvalue weighted by Crippen LogP contribution is 2.16. The summed E-state index contributed by atoms with van der Waals surface area (Å²) in [4.78, 5) is 16.8. The van der Waals surface area contributed by atoms with Gasteiger partial charge < -0.3 is 10.1 Å². The van der Waals surface area contributed by atoms with Gasteiger partial charge in [0, 0.05) is 50.3 Å². The molecule has 114 valence electrons. The number of hydrogen-bond acceptors (Lipinski definition) is 4. The van der Waals surface area contributed by atoms with Gasteiger partial charge in [-0.2, -0.15) is 0 Å². The molecule has 0 spiro atoms. The van der Waals surface area contributed by atoms with E-state index in [0.717, 1.165) is 32.7 Å². The number of rotatable bonds is 5. The number of hydrogen-bond donors (Lipinski definition) is 1. The van der Waals surface area contributed by atoms with Crippen molar-refractivity contribution >= 4 is 17.5 Å². The lowest BCUT2D eigenvalue weighted by molar-refractivity contribution is -0.123. The van der Waals surface area contributed by atoms with Gasteiger partial charge in [0.1, 0.15) is 5.75 Å². The van der Waals surface area contributed by atoms with Crippen LogP contribution < -0.4 is 10.1 Å². The molecule has 21 heavy (non-hydrogen) atoms. The monoisotopic (exact) mass is 309 g/mol. The number of benzene rings is 1. The molecule has 5 nitrogen and oxygen atoms in total. The molecule has 2 bridgehead atoms. The molecule has 4 rings (SSSR count). The fraction of sp³-hybridized carbons (Fsp3) is 0.533. The Labute approximate surface area is 129 Å². The summed E-state index contributed by atoms with van der Waals surface area (Å²) in [5.41, 5.74) is 0. The van der Waals surface area contributed by atoms with Crippen LogP contribution in [0.1, 0.15) is 0 Å². The van der Waals surface area contributed by atoms with Crippen molar-refractivity contribution in [3.05, 3.63) is 29.3 Å². The molecular weight excluding hydrogens is 290 g/mol. The van der Waals surface area contributed by atoms with Crippen LogP contribution in [0.25, 0.3) is 0 Å². The number of carbonyl (C=O) groups excluding carboxylic acids is 1. The summed E-state index contributed by atoms with van der Waals surface area (Å²) in [6.45, 7) is 6.33. The van der Waals surface area contributed by atoms with Crippen LogP contribution in [0.2, 0.25) is 5.02 Å². The van der Waals surface area contributed by atoms with E-state index in [1.165, 1.54) is 0 Å². The van der Waals surface area contributed by atoms with Crippen LogP contribution in [-0.4, -0.2) is 67.6 Å².